The number of rotatable bonds is 3. The van der Waals surface area contributed by atoms with Crippen molar-refractivity contribution in [3.63, 3.8) is 0 Å². The zero-order valence-corrected chi connectivity index (χ0v) is 8.78. The van der Waals surface area contributed by atoms with E-state index in [1.165, 1.54) is 12.1 Å². The summed E-state index contributed by atoms with van der Waals surface area (Å²) in [5.74, 6) is -0.197. The third-order valence-electron chi connectivity index (χ3n) is 1.54. The molecule has 1 N–H and O–H groups in total. The molecule has 0 atom stereocenters. The van der Waals surface area contributed by atoms with Gasteiger partial charge in [-0.1, -0.05) is 12.1 Å². The fourth-order valence-corrected chi connectivity index (χ4v) is 1.01. The average molecular weight is 242 g/mol. The first kappa shape index (κ1) is 14.1. The average Bonchev–Trinajstić information content (AvgIpc) is 2.06. The molecule has 0 aromatic heterocycles. The van der Waals surface area contributed by atoms with Crippen molar-refractivity contribution in [1.29, 1.82) is 0 Å². The number of hydrogen-bond acceptors (Lipinski definition) is 2. The highest BCUT2D eigenvalue weighted by Gasteiger charge is 2.30. The summed E-state index contributed by atoms with van der Waals surface area (Å²) in [6.45, 7) is 0.617. The van der Waals surface area contributed by atoms with Gasteiger partial charge in [-0.2, -0.15) is 0 Å². The van der Waals surface area contributed by atoms with Gasteiger partial charge in [0.05, 0.1) is 0 Å². The first-order valence-corrected chi connectivity index (χ1v) is 4.00. The number of alkyl halides is 3. The molecule has 15 heavy (non-hydrogen) atoms. The van der Waals surface area contributed by atoms with Crippen LogP contribution in [-0.2, 0) is 6.54 Å². The van der Waals surface area contributed by atoms with Crippen LogP contribution < -0.4 is 10.1 Å². The van der Waals surface area contributed by atoms with Gasteiger partial charge >= 0.3 is 6.36 Å². The van der Waals surface area contributed by atoms with Gasteiger partial charge in [-0.3, -0.25) is 0 Å². The lowest BCUT2D eigenvalue weighted by Crippen LogP contribution is -2.17. The minimum Gasteiger partial charge on any atom is -0.406 e. The molecule has 2 nitrogen and oxygen atoms in total. The lowest BCUT2D eigenvalue weighted by Gasteiger charge is -2.08. The predicted molar refractivity (Wildman–Crippen MR) is 53.1 cm³/mol. The van der Waals surface area contributed by atoms with Gasteiger partial charge in [-0.05, 0) is 24.7 Å². The maximum atomic E-state index is 11.8. The number of halogens is 4. The Morgan fingerprint density at radius 2 is 1.73 bits per heavy atom. The molecule has 0 amide bonds. The van der Waals surface area contributed by atoms with Crippen molar-refractivity contribution in [2.24, 2.45) is 0 Å². The van der Waals surface area contributed by atoms with E-state index >= 15 is 0 Å². The summed E-state index contributed by atoms with van der Waals surface area (Å²) in [5, 5.41) is 2.89. The third-order valence-corrected chi connectivity index (χ3v) is 1.54. The standard InChI is InChI=1S/C9H10F3NO.ClH/c1-13-6-7-2-4-8(5-3-7)14-9(10,11)12;/h2-5,13H,6H2,1H3;1H. The highest BCUT2D eigenvalue weighted by atomic mass is 35.5. The highest BCUT2D eigenvalue weighted by Crippen LogP contribution is 2.22. The summed E-state index contributed by atoms with van der Waals surface area (Å²) < 4.78 is 39.0. The van der Waals surface area contributed by atoms with Gasteiger partial charge in [-0.15, -0.1) is 25.6 Å². The Bertz CT molecular complexity index is 286. The van der Waals surface area contributed by atoms with Crippen LogP contribution in [0.25, 0.3) is 0 Å². The quantitative estimate of drug-likeness (QED) is 0.879. The molecule has 0 bridgehead atoms. The molecule has 0 heterocycles. The van der Waals surface area contributed by atoms with E-state index in [4.69, 9.17) is 0 Å². The van der Waals surface area contributed by atoms with Crippen LogP contribution >= 0.6 is 12.4 Å². The second kappa shape index (κ2) is 5.82. The van der Waals surface area contributed by atoms with Gasteiger partial charge in [-0.25, -0.2) is 0 Å². The Labute approximate surface area is 91.8 Å². The van der Waals surface area contributed by atoms with Gasteiger partial charge in [0.15, 0.2) is 0 Å². The normalized spacial score (nSPS) is 10.7. The Hall–Kier alpha value is -0.940. The lowest BCUT2D eigenvalue weighted by atomic mass is 10.2. The molecule has 1 aromatic rings. The Morgan fingerprint density at radius 3 is 2.13 bits per heavy atom. The smallest absolute Gasteiger partial charge is 0.406 e. The van der Waals surface area contributed by atoms with Gasteiger partial charge in [0.25, 0.3) is 0 Å². The van der Waals surface area contributed by atoms with Crippen LogP contribution in [0.1, 0.15) is 5.56 Å². The summed E-state index contributed by atoms with van der Waals surface area (Å²) in [7, 11) is 1.76. The van der Waals surface area contributed by atoms with Crippen LogP contribution in [0.2, 0.25) is 0 Å². The molecular formula is C9H11ClF3NO. The maximum absolute atomic E-state index is 11.8. The maximum Gasteiger partial charge on any atom is 0.573 e. The van der Waals surface area contributed by atoms with E-state index in [0.29, 0.717) is 6.54 Å². The van der Waals surface area contributed by atoms with E-state index in [9.17, 15) is 13.2 Å². The first-order chi connectivity index (χ1) is 6.51. The number of nitrogens with one attached hydrogen (secondary N) is 1. The third kappa shape index (κ3) is 5.49. The van der Waals surface area contributed by atoms with Crippen molar-refractivity contribution < 1.29 is 17.9 Å². The molecule has 0 aliphatic rings. The Morgan fingerprint density at radius 1 is 1.20 bits per heavy atom. The number of benzene rings is 1. The van der Waals surface area contributed by atoms with E-state index in [1.54, 1.807) is 19.2 Å². The molecule has 0 saturated carbocycles. The topological polar surface area (TPSA) is 21.3 Å². The second-order valence-electron chi connectivity index (χ2n) is 2.72. The molecule has 0 saturated heterocycles. The van der Waals surface area contributed by atoms with Gasteiger partial charge in [0.2, 0.25) is 0 Å². The van der Waals surface area contributed by atoms with Gasteiger partial charge < -0.3 is 10.1 Å². The number of hydrogen-bond donors (Lipinski definition) is 1. The minimum absolute atomic E-state index is 0. The fraction of sp³-hybridized carbons (Fsp3) is 0.333. The van der Waals surface area contributed by atoms with E-state index < -0.39 is 6.36 Å². The molecule has 86 valence electrons. The Kier molecular flexibility index (Phi) is 5.46. The van der Waals surface area contributed by atoms with Crippen LogP contribution in [0.15, 0.2) is 24.3 Å². The van der Waals surface area contributed by atoms with Gasteiger partial charge in [0, 0.05) is 6.54 Å². The van der Waals surface area contributed by atoms with Crippen LogP contribution in [0, 0.1) is 0 Å². The molecule has 0 aliphatic heterocycles. The highest BCUT2D eigenvalue weighted by molar-refractivity contribution is 5.85. The Balaban J connectivity index is 0.00000196. The van der Waals surface area contributed by atoms with E-state index in [2.05, 4.69) is 10.1 Å². The monoisotopic (exact) mass is 241 g/mol. The van der Waals surface area contributed by atoms with Crippen molar-refractivity contribution in [3.8, 4) is 5.75 Å². The van der Waals surface area contributed by atoms with E-state index in [1.807, 2.05) is 0 Å². The van der Waals surface area contributed by atoms with Crippen molar-refractivity contribution in [2.45, 2.75) is 12.9 Å². The summed E-state index contributed by atoms with van der Waals surface area (Å²) in [6.07, 6.45) is -4.62. The van der Waals surface area contributed by atoms with Crippen molar-refractivity contribution in [1.82, 2.24) is 5.32 Å². The molecule has 6 heteroatoms. The van der Waals surface area contributed by atoms with Crippen molar-refractivity contribution in [3.05, 3.63) is 29.8 Å². The van der Waals surface area contributed by atoms with Crippen LogP contribution in [0.3, 0.4) is 0 Å². The van der Waals surface area contributed by atoms with Crippen molar-refractivity contribution in [2.75, 3.05) is 7.05 Å². The van der Waals surface area contributed by atoms with Crippen LogP contribution in [0.5, 0.6) is 5.75 Å². The molecule has 0 radical (unpaired) electrons. The molecule has 1 aromatic carbocycles. The lowest BCUT2D eigenvalue weighted by molar-refractivity contribution is -0.274. The van der Waals surface area contributed by atoms with Gasteiger partial charge in [0.1, 0.15) is 5.75 Å². The predicted octanol–water partition coefficient (Wildman–Crippen LogP) is 2.73. The largest absolute Gasteiger partial charge is 0.573 e. The minimum atomic E-state index is -4.62. The van der Waals surface area contributed by atoms with E-state index in [-0.39, 0.29) is 18.2 Å². The molecule has 1 rings (SSSR count). The zero-order valence-electron chi connectivity index (χ0n) is 7.97. The van der Waals surface area contributed by atoms with Crippen LogP contribution in [0.4, 0.5) is 13.2 Å². The molecule has 0 aliphatic carbocycles. The van der Waals surface area contributed by atoms with E-state index in [0.717, 1.165) is 5.56 Å². The van der Waals surface area contributed by atoms with Crippen LogP contribution in [-0.4, -0.2) is 13.4 Å². The molecule has 0 fully saturated rings. The summed E-state index contributed by atoms with van der Waals surface area (Å²) in [5.41, 5.74) is 0.905. The number of ether oxygens (including phenoxy) is 1. The van der Waals surface area contributed by atoms with Crippen molar-refractivity contribution >= 4 is 12.4 Å². The summed E-state index contributed by atoms with van der Waals surface area (Å²) >= 11 is 0. The molecular weight excluding hydrogens is 231 g/mol. The second-order valence-corrected chi connectivity index (χ2v) is 2.72. The fourth-order valence-electron chi connectivity index (χ4n) is 1.01. The zero-order chi connectivity index (χ0) is 10.6. The molecule has 0 unspecified atom stereocenters. The first-order valence-electron chi connectivity index (χ1n) is 4.00. The summed E-state index contributed by atoms with van der Waals surface area (Å²) in [4.78, 5) is 0. The summed E-state index contributed by atoms with van der Waals surface area (Å²) in [6, 6.07) is 5.75. The molecule has 0 spiro atoms. The SMILES string of the molecule is CNCc1ccc(OC(F)(F)F)cc1.Cl.